The molecule has 0 bridgehead atoms. The summed E-state index contributed by atoms with van der Waals surface area (Å²) in [7, 11) is 1.57. The van der Waals surface area contributed by atoms with Gasteiger partial charge in [0.05, 0.1) is 17.8 Å². The smallest absolute Gasteiger partial charge is 0.224 e. The molecule has 0 N–H and O–H groups in total. The maximum atomic E-state index is 12.4. The van der Waals surface area contributed by atoms with E-state index in [0.29, 0.717) is 16.5 Å². The van der Waals surface area contributed by atoms with E-state index in [4.69, 9.17) is 44.3 Å². The molecule has 2 heterocycles. The maximum Gasteiger partial charge on any atom is 0.224 e. The summed E-state index contributed by atoms with van der Waals surface area (Å²) in [5, 5.41) is 0.693. The SMILES string of the molecule is COc1ccc(CN2CCC(c3nc(Cl)nc(Cl)c3Cl)CC2)cc1OCCF. The Morgan fingerprint density at radius 1 is 1.14 bits per heavy atom. The summed E-state index contributed by atoms with van der Waals surface area (Å²) in [5.41, 5.74) is 1.80. The largest absolute Gasteiger partial charge is 0.493 e. The van der Waals surface area contributed by atoms with Gasteiger partial charge in [0.1, 0.15) is 13.3 Å². The summed E-state index contributed by atoms with van der Waals surface area (Å²) in [5.74, 6) is 1.36. The van der Waals surface area contributed by atoms with Gasteiger partial charge in [-0.15, -0.1) is 0 Å². The van der Waals surface area contributed by atoms with Gasteiger partial charge in [0.15, 0.2) is 16.7 Å². The Morgan fingerprint density at radius 3 is 2.57 bits per heavy atom. The quantitative estimate of drug-likeness (QED) is 0.432. The number of nitrogens with zero attached hydrogens (tertiary/aromatic N) is 3. The number of methoxy groups -OCH3 is 1. The number of alkyl halides is 1. The number of rotatable bonds is 7. The van der Waals surface area contributed by atoms with Gasteiger partial charge in [0, 0.05) is 12.5 Å². The van der Waals surface area contributed by atoms with E-state index in [-0.39, 0.29) is 23.0 Å². The van der Waals surface area contributed by atoms with Crippen LogP contribution in [0, 0.1) is 0 Å². The number of halogens is 4. The summed E-state index contributed by atoms with van der Waals surface area (Å²) in [6.45, 7) is 2.00. The van der Waals surface area contributed by atoms with Crippen LogP contribution in [0.2, 0.25) is 15.5 Å². The molecule has 5 nitrogen and oxygen atoms in total. The van der Waals surface area contributed by atoms with Crippen molar-refractivity contribution in [2.75, 3.05) is 33.5 Å². The van der Waals surface area contributed by atoms with Crippen molar-refractivity contribution in [3.63, 3.8) is 0 Å². The van der Waals surface area contributed by atoms with Crippen LogP contribution in [0.3, 0.4) is 0 Å². The van der Waals surface area contributed by atoms with E-state index in [1.165, 1.54) is 0 Å². The molecule has 3 rings (SSSR count). The van der Waals surface area contributed by atoms with Crippen molar-refractivity contribution >= 4 is 34.8 Å². The molecule has 1 fully saturated rings. The normalized spacial score (nSPS) is 15.6. The zero-order valence-corrected chi connectivity index (χ0v) is 17.7. The van der Waals surface area contributed by atoms with Crippen molar-refractivity contribution in [1.29, 1.82) is 0 Å². The third-order valence-corrected chi connectivity index (χ3v) is 5.66. The van der Waals surface area contributed by atoms with Crippen molar-refractivity contribution in [2.45, 2.75) is 25.3 Å². The van der Waals surface area contributed by atoms with E-state index in [9.17, 15) is 4.39 Å². The molecule has 1 aliphatic heterocycles. The predicted octanol–water partition coefficient (Wildman–Crippen LogP) is 5.17. The second-order valence-corrected chi connectivity index (χ2v) is 7.63. The number of aromatic nitrogens is 2. The molecule has 9 heteroatoms. The van der Waals surface area contributed by atoms with Gasteiger partial charge in [-0.25, -0.2) is 14.4 Å². The molecule has 0 aliphatic carbocycles. The Morgan fingerprint density at radius 2 is 1.89 bits per heavy atom. The van der Waals surface area contributed by atoms with Crippen LogP contribution in [0.4, 0.5) is 4.39 Å². The molecule has 0 atom stereocenters. The van der Waals surface area contributed by atoms with Gasteiger partial charge < -0.3 is 9.47 Å². The lowest BCUT2D eigenvalue weighted by Gasteiger charge is -2.32. The summed E-state index contributed by atoms with van der Waals surface area (Å²) >= 11 is 18.2. The zero-order valence-electron chi connectivity index (χ0n) is 15.4. The van der Waals surface area contributed by atoms with Crippen molar-refractivity contribution in [3.05, 3.63) is 44.9 Å². The third-order valence-electron chi connectivity index (χ3n) is 4.75. The van der Waals surface area contributed by atoms with E-state index < -0.39 is 6.67 Å². The van der Waals surface area contributed by atoms with Crippen LogP contribution in [0.5, 0.6) is 11.5 Å². The van der Waals surface area contributed by atoms with Gasteiger partial charge in [0.2, 0.25) is 5.28 Å². The summed E-state index contributed by atoms with van der Waals surface area (Å²) < 4.78 is 23.2. The van der Waals surface area contributed by atoms with Crippen LogP contribution in [-0.2, 0) is 6.54 Å². The molecular weight excluding hydrogens is 428 g/mol. The van der Waals surface area contributed by atoms with Crippen molar-refractivity contribution in [3.8, 4) is 11.5 Å². The molecule has 28 heavy (non-hydrogen) atoms. The minimum absolute atomic E-state index is 0.00994. The van der Waals surface area contributed by atoms with E-state index in [1.54, 1.807) is 7.11 Å². The lowest BCUT2D eigenvalue weighted by Crippen LogP contribution is -2.32. The van der Waals surface area contributed by atoms with E-state index in [2.05, 4.69) is 14.9 Å². The Bertz CT molecular complexity index is 817. The topological polar surface area (TPSA) is 47.5 Å². The highest BCUT2D eigenvalue weighted by molar-refractivity contribution is 6.42. The Balaban J connectivity index is 1.63. The fraction of sp³-hybridized carbons (Fsp3) is 0.474. The van der Waals surface area contributed by atoms with Gasteiger partial charge in [-0.05, 0) is 55.2 Å². The molecule has 1 aromatic carbocycles. The van der Waals surface area contributed by atoms with E-state index in [0.717, 1.165) is 43.7 Å². The fourth-order valence-corrected chi connectivity index (χ4v) is 4.02. The van der Waals surface area contributed by atoms with Crippen LogP contribution in [-0.4, -0.2) is 48.3 Å². The number of piperidine rings is 1. The lowest BCUT2D eigenvalue weighted by atomic mass is 9.93. The molecular formula is C19H21Cl3FN3O2. The first kappa shape index (κ1) is 21.4. The average Bonchev–Trinajstić information content (AvgIpc) is 2.70. The van der Waals surface area contributed by atoms with Crippen LogP contribution in [0.1, 0.15) is 30.0 Å². The maximum absolute atomic E-state index is 12.4. The van der Waals surface area contributed by atoms with Gasteiger partial charge >= 0.3 is 0 Å². The van der Waals surface area contributed by atoms with Crippen LogP contribution < -0.4 is 9.47 Å². The summed E-state index contributed by atoms with van der Waals surface area (Å²) in [4.78, 5) is 10.5. The first-order valence-corrected chi connectivity index (χ1v) is 10.1. The minimum Gasteiger partial charge on any atom is -0.493 e. The zero-order chi connectivity index (χ0) is 20.1. The molecule has 0 radical (unpaired) electrons. The molecule has 1 aliphatic rings. The molecule has 152 valence electrons. The van der Waals surface area contributed by atoms with Crippen LogP contribution >= 0.6 is 34.8 Å². The van der Waals surface area contributed by atoms with Gasteiger partial charge in [0.25, 0.3) is 0 Å². The highest BCUT2D eigenvalue weighted by Gasteiger charge is 2.25. The fourth-order valence-electron chi connectivity index (χ4n) is 3.38. The Labute approximate surface area is 178 Å². The van der Waals surface area contributed by atoms with E-state index in [1.807, 2.05) is 18.2 Å². The van der Waals surface area contributed by atoms with Crippen molar-refractivity contribution in [2.24, 2.45) is 0 Å². The monoisotopic (exact) mass is 447 g/mol. The number of likely N-dealkylation sites (tertiary alicyclic amines) is 1. The molecule has 1 saturated heterocycles. The molecule has 0 unspecified atom stereocenters. The first-order chi connectivity index (χ1) is 13.5. The van der Waals surface area contributed by atoms with Crippen molar-refractivity contribution in [1.82, 2.24) is 14.9 Å². The second kappa shape index (κ2) is 9.92. The van der Waals surface area contributed by atoms with Gasteiger partial charge in [-0.1, -0.05) is 29.3 Å². The van der Waals surface area contributed by atoms with Gasteiger partial charge in [-0.2, -0.15) is 0 Å². The minimum atomic E-state index is -0.541. The highest BCUT2D eigenvalue weighted by atomic mass is 35.5. The Hall–Kier alpha value is -1.34. The summed E-state index contributed by atoms with van der Waals surface area (Å²) in [6.07, 6.45) is 1.79. The van der Waals surface area contributed by atoms with Crippen LogP contribution in [0.25, 0.3) is 0 Å². The first-order valence-electron chi connectivity index (χ1n) is 8.98. The third kappa shape index (κ3) is 5.17. The van der Waals surface area contributed by atoms with Crippen molar-refractivity contribution < 1.29 is 13.9 Å². The number of hydrogen-bond donors (Lipinski definition) is 0. The Kier molecular flexibility index (Phi) is 7.57. The van der Waals surface area contributed by atoms with E-state index >= 15 is 0 Å². The average molecular weight is 449 g/mol. The molecule has 0 saturated carbocycles. The number of hydrogen-bond acceptors (Lipinski definition) is 5. The predicted molar refractivity (Wildman–Crippen MR) is 109 cm³/mol. The summed E-state index contributed by atoms with van der Waals surface area (Å²) in [6, 6.07) is 5.75. The number of ether oxygens (including phenoxy) is 2. The number of benzene rings is 1. The molecule has 2 aromatic rings. The second-order valence-electron chi connectivity index (χ2n) is 6.56. The van der Waals surface area contributed by atoms with Gasteiger partial charge in [-0.3, -0.25) is 4.90 Å². The standard InChI is InChI=1S/C19H21Cl3FN3O2/c1-27-14-3-2-12(10-15(14)28-9-6-23)11-26-7-4-13(5-8-26)17-16(20)18(21)25-19(22)24-17/h2-3,10,13H,4-9,11H2,1H3. The highest BCUT2D eigenvalue weighted by Crippen LogP contribution is 2.36. The molecule has 0 amide bonds. The molecule has 1 aromatic heterocycles. The molecule has 0 spiro atoms. The van der Waals surface area contributed by atoms with Crippen LogP contribution in [0.15, 0.2) is 18.2 Å². The lowest BCUT2D eigenvalue weighted by molar-refractivity contribution is 0.202.